The Labute approximate surface area is 128 Å². The molecule has 0 fully saturated rings. The van der Waals surface area contributed by atoms with Crippen molar-refractivity contribution in [3.63, 3.8) is 0 Å². The largest absolute Gasteiger partial charge is 0.278 e. The topological polar surface area (TPSA) is 72.0 Å². The van der Waals surface area contributed by atoms with E-state index in [2.05, 4.69) is 30.6 Å². The number of anilines is 1. The first-order valence-electron chi connectivity index (χ1n) is 4.83. The van der Waals surface area contributed by atoms with Gasteiger partial charge in [0.25, 0.3) is 10.0 Å². The highest BCUT2D eigenvalue weighted by Gasteiger charge is 2.19. The zero-order valence-electron chi connectivity index (χ0n) is 9.14. The van der Waals surface area contributed by atoms with Gasteiger partial charge in [0.05, 0.1) is 16.9 Å². The molecule has 0 aliphatic heterocycles. The fourth-order valence-corrected chi connectivity index (χ4v) is 3.35. The quantitative estimate of drug-likeness (QED) is 0.826. The Morgan fingerprint density at radius 2 is 1.89 bits per heavy atom. The van der Waals surface area contributed by atoms with Crippen LogP contribution in [0, 0.1) is 0 Å². The van der Waals surface area contributed by atoms with Crippen LogP contribution in [0.25, 0.3) is 0 Å². The standard InChI is InChI=1S/C10H6BrCl2N3O2S/c11-6-1-8(5-14-3-6)16-19(17,18)9-2-7(12)4-15-10(9)13/h1-5,16H. The Balaban J connectivity index is 2.40. The van der Waals surface area contributed by atoms with Crippen LogP contribution in [0.2, 0.25) is 10.2 Å². The van der Waals surface area contributed by atoms with Gasteiger partial charge in [0.15, 0.2) is 0 Å². The number of nitrogens with zero attached hydrogens (tertiary/aromatic N) is 2. The second kappa shape index (κ2) is 5.62. The minimum absolute atomic E-state index is 0.153. The Hall–Kier alpha value is -0.890. The highest BCUT2D eigenvalue weighted by molar-refractivity contribution is 9.10. The summed E-state index contributed by atoms with van der Waals surface area (Å²) in [6.45, 7) is 0. The average Bonchev–Trinajstić information content (AvgIpc) is 2.31. The fourth-order valence-electron chi connectivity index (χ4n) is 1.27. The fraction of sp³-hybridized carbons (Fsp3) is 0. The van der Waals surface area contributed by atoms with Crippen LogP contribution in [0.5, 0.6) is 0 Å². The van der Waals surface area contributed by atoms with Crippen molar-refractivity contribution in [2.24, 2.45) is 0 Å². The molecule has 0 aliphatic carbocycles. The first-order valence-corrected chi connectivity index (χ1v) is 7.86. The van der Waals surface area contributed by atoms with Gasteiger partial charge in [0, 0.05) is 16.9 Å². The SMILES string of the molecule is O=S(=O)(Nc1cncc(Br)c1)c1cc(Cl)cnc1Cl. The second-order valence-electron chi connectivity index (χ2n) is 3.44. The number of sulfonamides is 1. The molecule has 9 heteroatoms. The van der Waals surface area contributed by atoms with Crippen molar-refractivity contribution >= 4 is 54.8 Å². The summed E-state index contributed by atoms with van der Waals surface area (Å²) < 4.78 is 27.3. The highest BCUT2D eigenvalue weighted by Crippen LogP contribution is 2.25. The number of halogens is 3. The van der Waals surface area contributed by atoms with E-state index in [0.717, 1.165) is 0 Å². The first-order chi connectivity index (χ1) is 8.88. The van der Waals surface area contributed by atoms with Crippen LogP contribution >= 0.6 is 39.1 Å². The Bertz CT molecular complexity index is 724. The first kappa shape index (κ1) is 14.5. The van der Waals surface area contributed by atoms with E-state index < -0.39 is 10.0 Å². The molecule has 0 saturated heterocycles. The molecule has 0 spiro atoms. The van der Waals surface area contributed by atoms with E-state index in [9.17, 15) is 8.42 Å². The van der Waals surface area contributed by atoms with E-state index in [1.807, 2.05) is 0 Å². The third kappa shape index (κ3) is 3.56. The minimum atomic E-state index is -3.87. The van der Waals surface area contributed by atoms with E-state index in [1.54, 1.807) is 6.07 Å². The van der Waals surface area contributed by atoms with Crippen molar-refractivity contribution in [2.75, 3.05) is 4.72 Å². The third-order valence-electron chi connectivity index (χ3n) is 2.02. The van der Waals surface area contributed by atoms with Crippen LogP contribution in [0.15, 0.2) is 40.1 Å². The zero-order chi connectivity index (χ0) is 14.0. The molecule has 0 aromatic carbocycles. The summed E-state index contributed by atoms with van der Waals surface area (Å²) in [5.74, 6) is 0. The normalized spacial score (nSPS) is 11.3. The molecular formula is C10H6BrCl2N3O2S. The lowest BCUT2D eigenvalue weighted by molar-refractivity contribution is 0.601. The lowest BCUT2D eigenvalue weighted by Crippen LogP contribution is -2.14. The molecule has 0 amide bonds. The lowest BCUT2D eigenvalue weighted by atomic mass is 10.4. The summed E-state index contributed by atoms with van der Waals surface area (Å²) in [5.41, 5.74) is 0.297. The number of nitrogens with one attached hydrogen (secondary N) is 1. The van der Waals surface area contributed by atoms with Crippen LogP contribution in [0.4, 0.5) is 5.69 Å². The second-order valence-corrected chi connectivity index (χ2v) is 6.80. The lowest BCUT2D eigenvalue weighted by Gasteiger charge is -2.09. The molecule has 0 saturated carbocycles. The molecule has 0 unspecified atom stereocenters. The number of hydrogen-bond acceptors (Lipinski definition) is 4. The number of aromatic nitrogens is 2. The molecule has 100 valence electrons. The molecule has 2 rings (SSSR count). The molecular weight excluding hydrogens is 377 g/mol. The maximum atomic E-state index is 12.1. The Kier molecular flexibility index (Phi) is 4.29. The van der Waals surface area contributed by atoms with Gasteiger partial charge >= 0.3 is 0 Å². The molecule has 0 bridgehead atoms. The third-order valence-corrected chi connectivity index (χ3v) is 4.47. The van der Waals surface area contributed by atoms with Gasteiger partial charge in [-0.15, -0.1) is 0 Å². The zero-order valence-corrected chi connectivity index (χ0v) is 13.1. The van der Waals surface area contributed by atoms with Gasteiger partial charge < -0.3 is 0 Å². The number of hydrogen-bond donors (Lipinski definition) is 1. The van der Waals surface area contributed by atoms with Crippen molar-refractivity contribution in [2.45, 2.75) is 4.90 Å². The maximum absolute atomic E-state index is 12.1. The number of pyridine rings is 2. The van der Waals surface area contributed by atoms with Crippen molar-refractivity contribution in [1.29, 1.82) is 0 Å². The molecule has 2 heterocycles. The van der Waals surface area contributed by atoms with E-state index in [4.69, 9.17) is 23.2 Å². The van der Waals surface area contributed by atoms with E-state index >= 15 is 0 Å². The highest BCUT2D eigenvalue weighted by atomic mass is 79.9. The van der Waals surface area contributed by atoms with Crippen LogP contribution in [-0.4, -0.2) is 18.4 Å². The van der Waals surface area contributed by atoms with Crippen molar-refractivity contribution in [3.05, 3.63) is 45.4 Å². The minimum Gasteiger partial charge on any atom is -0.278 e. The van der Waals surface area contributed by atoms with Crippen LogP contribution < -0.4 is 4.72 Å². The van der Waals surface area contributed by atoms with Crippen LogP contribution in [0.3, 0.4) is 0 Å². The van der Waals surface area contributed by atoms with Gasteiger partial charge in [-0.05, 0) is 28.1 Å². The maximum Gasteiger partial charge on any atom is 0.265 e. The molecule has 0 radical (unpaired) electrons. The van der Waals surface area contributed by atoms with E-state index in [0.29, 0.717) is 10.2 Å². The van der Waals surface area contributed by atoms with Gasteiger partial charge in [-0.25, -0.2) is 13.4 Å². The van der Waals surface area contributed by atoms with Crippen LogP contribution in [0.1, 0.15) is 0 Å². The Morgan fingerprint density at radius 1 is 1.16 bits per heavy atom. The van der Waals surface area contributed by atoms with E-state index in [1.165, 1.54) is 24.7 Å². The van der Waals surface area contributed by atoms with Gasteiger partial charge in [0.2, 0.25) is 0 Å². The number of rotatable bonds is 3. The summed E-state index contributed by atoms with van der Waals surface area (Å²) >= 11 is 14.7. The summed E-state index contributed by atoms with van der Waals surface area (Å²) in [4.78, 5) is 7.35. The molecule has 0 atom stereocenters. The molecule has 0 aliphatic rings. The Morgan fingerprint density at radius 3 is 2.58 bits per heavy atom. The van der Waals surface area contributed by atoms with Gasteiger partial charge in [0.1, 0.15) is 10.0 Å². The summed E-state index contributed by atoms with van der Waals surface area (Å²) in [7, 11) is -3.87. The van der Waals surface area contributed by atoms with Gasteiger partial charge in [-0.2, -0.15) is 0 Å². The molecule has 19 heavy (non-hydrogen) atoms. The molecule has 1 N–H and O–H groups in total. The summed E-state index contributed by atoms with van der Waals surface area (Å²) in [6.07, 6.45) is 4.17. The monoisotopic (exact) mass is 381 g/mol. The summed E-state index contributed by atoms with van der Waals surface area (Å²) in [6, 6.07) is 2.79. The molecule has 2 aromatic heterocycles. The van der Waals surface area contributed by atoms with Crippen molar-refractivity contribution in [3.8, 4) is 0 Å². The molecule has 5 nitrogen and oxygen atoms in total. The van der Waals surface area contributed by atoms with Gasteiger partial charge in [-0.3, -0.25) is 9.71 Å². The van der Waals surface area contributed by atoms with Crippen molar-refractivity contribution < 1.29 is 8.42 Å². The van der Waals surface area contributed by atoms with Gasteiger partial charge in [-0.1, -0.05) is 23.2 Å². The van der Waals surface area contributed by atoms with E-state index in [-0.39, 0.29) is 15.1 Å². The van der Waals surface area contributed by atoms with Crippen LogP contribution in [-0.2, 0) is 10.0 Å². The molecule has 2 aromatic rings. The predicted molar refractivity (Wildman–Crippen MR) is 77.0 cm³/mol. The smallest absolute Gasteiger partial charge is 0.265 e. The average molecular weight is 383 g/mol. The summed E-state index contributed by atoms with van der Waals surface area (Å²) in [5, 5.41) is 0.0250. The predicted octanol–water partition coefficient (Wildman–Crippen LogP) is 3.35. The van der Waals surface area contributed by atoms with Crippen molar-refractivity contribution in [1.82, 2.24) is 9.97 Å².